The number of hydrogen-bond acceptors (Lipinski definition) is 4. The molecule has 0 fully saturated rings. The normalized spacial score (nSPS) is 11.3. The second-order valence-electron chi connectivity index (χ2n) is 7.47. The number of fused-ring (bicyclic) bond motifs is 1. The Morgan fingerprint density at radius 2 is 2.00 bits per heavy atom. The van der Waals surface area contributed by atoms with Crippen LogP contribution < -0.4 is 5.73 Å². The van der Waals surface area contributed by atoms with Crippen molar-refractivity contribution in [2.75, 3.05) is 0 Å². The molecule has 0 bridgehead atoms. The summed E-state index contributed by atoms with van der Waals surface area (Å²) in [5.74, 6) is 6.07. The highest BCUT2D eigenvalue weighted by atomic mass is 32.1. The number of carbonyl (C=O) groups is 1. The van der Waals surface area contributed by atoms with Crippen LogP contribution in [-0.4, -0.2) is 16.0 Å². The van der Waals surface area contributed by atoms with E-state index in [1.807, 2.05) is 31.2 Å². The van der Waals surface area contributed by atoms with Crippen molar-refractivity contribution in [3.05, 3.63) is 52.0 Å². The van der Waals surface area contributed by atoms with Crippen LogP contribution in [0.3, 0.4) is 0 Å². The number of aliphatic hydroxyl groups is 1. The molecule has 1 heterocycles. The summed E-state index contributed by atoms with van der Waals surface area (Å²) in [7, 11) is 0. The van der Waals surface area contributed by atoms with Crippen LogP contribution in [0.2, 0.25) is 0 Å². The van der Waals surface area contributed by atoms with Gasteiger partial charge in [-0.25, -0.2) is 4.98 Å². The first kappa shape index (κ1) is 19.1. The van der Waals surface area contributed by atoms with Crippen LogP contribution in [-0.2, 0) is 6.61 Å². The molecular weight excluding hydrogens is 356 g/mol. The van der Waals surface area contributed by atoms with E-state index in [-0.39, 0.29) is 12.0 Å². The largest absolute Gasteiger partial charge is 0.389 e. The molecule has 0 saturated heterocycles. The van der Waals surface area contributed by atoms with Crippen LogP contribution in [0.1, 0.15) is 47.3 Å². The number of primary amides is 1. The molecule has 138 valence electrons. The first-order valence-electron chi connectivity index (χ1n) is 8.67. The molecule has 0 saturated carbocycles. The van der Waals surface area contributed by atoms with Crippen molar-refractivity contribution in [1.29, 1.82) is 0 Å². The molecular formula is C22H22N2O2S. The number of hydrogen-bond donors (Lipinski definition) is 2. The summed E-state index contributed by atoms with van der Waals surface area (Å²) in [5, 5.41) is 10.0. The highest BCUT2D eigenvalue weighted by Gasteiger charge is 2.16. The SMILES string of the molecule is Cc1c(C(N)=O)ccc(C#CC(C)(C)C)c1-c1ccc2sc(CO)nc2c1. The number of aromatic nitrogens is 1. The molecule has 3 rings (SSSR count). The molecule has 1 amide bonds. The number of carbonyl (C=O) groups excluding carboxylic acids is 1. The standard InChI is InChI=1S/C22H22N2O2S/c1-13-16(21(23)26)7-5-14(9-10-22(2,3)4)20(13)15-6-8-18-17(11-15)24-19(12-25)27-18/h5-8,11,25H,12H2,1-4H3,(H2,23,26). The Balaban J connectivity index is 2.26. The number of benzene rings is 2. The Morgan fingerprint density at radius 3 is 2.63 bits per heavy atom. The third-order valence-corrected chi connectivity index (χ3v) is 5.18. The fourth-order valence-electron chi connectivity index (χ4n) is 2.91. The van der Waals surface area contributed by atoms with Crippen molar-refractivity contribution in [1.82, 2.24) is 4.98 Å². The topological polar surface area (TPSA) is 76.2 Å². The lowest BCUT2D eigenvalue weighted by Crippen LogP contribution is -2.13. The predicted octanol–water partition coefficient (Wildman–Crippen LogP) is 4.26. The van der Waals surface area contributed by atoms with Crippen molar-refractivity contribution in [3.63, 3.8) is 0 Å². The van der Waals surface area contributed by atoms with Crippen molar-refractivity contribution >= 4 is 27.5 Å². The summed E-state index contributed by atoms with van der Waals surface area (Å²) < 4.78 is 1.01. The molecule has 1 aromatic heterocycles. The zero-order chi connectivity index (χ0) is 19.8. The van der Waals surface area contributed by atoms with Gasteiger partial charge in [0.25, 0.3) is 0 Å². The maximum atomic E-state index is 11.8. The van der Waals surface area contributed by atoms with Gasteiger partial charge in [-0.05, 0) is 63.1 Å². The summed E-state index contributed by atoms with van der Waals surface area (Å²) in [4.78, 5) is 16.3. The Morgan fingerprint density at radius 1 is 1.26 bits per heavy atom. The molecule has 3 aromatic rings. The maximum Gasteiger partial charge on any atom is 0.248 e. The van der Waals surface area contributed by atoms with Gasteiger partial charge in [-0.3, -0.25) is 4.79 Å². The molecule has 27 heavy (non-hydrogen) atoms. The third kappa shape index (κ3) is 4.02. The number of thiazole rings is 1. The molecule has 0 radical (unpaired) electrons. The van der Waals surface area contributed by atoms with Crippen molar-refractivity contribution in [2.24, 2.45) is 11.1 Å². The summed E-state index contributed by atoms with van der Waals surface area (Å²) >= 11 is 1.47. The highest BCUT2D eigenvalue weighted by Crippen LogP contribution is 2.33. The maximum absolute atomic E-state index is 11.8. The van der Waals surface area contributed by atoms with Crippen molar-refractivity contribution in [2.45, 2.75) is 34.3 Å². The van der Waals surface area contributed by atoms with Crippen LogP contribution in [0, 0.1) is 24.2 Å². The monoisotopic (exact) mass is 378 g/mol. The van der Waals surface area contributed by atoms with Gasteiger partial charge in [0.15, 0.2) is 0 Å². The van der Waals surface area contributed by atoms with Gasteiger partial charge in [0, 0.05) is 22.1 Å². The molecule has 2 aromatic carbocycles. The first-order chi connectivity index (χ1) is 12.7. The van der Waals surface area contributed by atoms with Crippen molar-refractivity contribution in [3.8, 4) is 23.0 Å². The van der Waals surface area contributed by atoms with E-state index in [2.05, 4.69) is 37.6 Å². The quantitative estimate of drug-likeness (QED) is 0.669. The van der Waals surface area contributed by atoms with Crippen molar-refractivity contribution < 1.29 is 9.90 Å². The molecule has 0 spiro atoms. The van der Waals surface area contributed by atoms with Gasteiger partial charge in [-0.15, -0.1) is 11.3 Å². The molecule has 0 unspecified atom stereocenters. The molecule has 0 aliphatic heterocycles. The van der Waals surface area contributed by atoms with E-state index in [0.29, 0.717) is 10.6 Å². The highest BCUT2D eigenvalue weighted by molar-refractivity contribution is 7.18. The fraction of sp³-hybridized carbons (Fsp3) is 0.273. The average molecular weight is 378 g/mol. The summed E-state index contributed by atoms with van der Waals surface area (Å²) in [6.45, 7) is 7.99. The van der Waals surface area contributed by atoms with Crippen LogP contribution in [0.25, 0.3) is 21.3 Å². The Hall–Kier alpha value is -2.68. The molecule has 0 aliphatic rings. The second kappa shape index (κ2) is 7.15. The van der Waals surface area contributed by atoms with Gasteiger partial charge in [0.1, 0.15) is 5.01 Å². The van der Waals surface area contributed by atoms with E-state index >= 15 is 0 Å². The Labute approximate surface area is 163 Å². The zero-order valence-electron chi connectivity index (χ0n) is 15.9. The lowest BCUT2D eigenvalue weighted by molar-refractivity contribution is 0.0999. The fourth-order valence-corrected chi connectivity index (χ4v) is 3.72. The Bertz CT molecular complexity index is 1100. The van der Waals surface area contributed by atoms with E-state index in [1.165, 1.54) is 11.3 Å². The van der Waals surface area contributed by atoms with Gasteiger partial charge in [0.05, 0.1) is 16.8 Å². The lowest BCUT2D eigenvalue weighted by atomic mass is 9.90. The van der Waals surface area contributed by atoms with E-state index in [4.69, 9.17) is 5.73 Å². The van der Waals surface area contributed by atoms with Gasteiger partial charge >= 0.3 is 0 Å². The molecule has 5 heteroatoms. The van der Waals surface area contributed by atoms with Crippen LogP contribution in [0.5, 0.6) is 0 Å². The summed E-state index contributed by atoms with van der Waals surface area (Å²) in [6.07, 6.45) is 0. The lowest BCUT2D eigenvalue weighted by Gasteiger charge is -2.13. The van der Waals surface area contributed by atoms with Gasteiger partial charge in [-0.1, -0.05) is 17.9 Å². The van der Waals surface area contributed by atoms with E-state index in [0.717, 1.165) is 32.5 Å². The minimum atomic E-state index is -0.457. The van der Waals surface area contributed by atoms with Crippen LogP contribution in [0.15, 0.2) is 30.3 Å². The number of aliphatic hydroxyl groups excluding tert-OH is 1. The Kier molecular flexibility index (Phi) is 5.05. The van der Waals surface area contributed by atoms with Gasteiger partial charge in [0.2, 0.25) is 5.91 Å². The predicted molar refractivity (Wildman–Crippen MR) is 111 cm³/mol. The second-order valence-corrected chi connectivity index (χ2v) is 8.59. The number of nitrogens with zero attached hydrogens (tertiary/aromatic N) is 1. The number of amides is 1. The third-order valence-electron chi connectivity index (χ3n) is 4.16. The minimum Gasteiger partial charge on any atom is -0.389 e. The summed E-state index contributed by atoms with van der Waals surface area (Å²) in [6, 6.07) is 9.54. The van der Waals surface area contributed by atoms with Gasteiger partial charge < -0.3 is 10.8 Å². The van der Waals surface area contributed by atoms with E-state index in [1.54, 1.807) is 6.07 Å². The average Bonchev–Trinajstić information content (AvgIpc) is 3.01. The smallest absolute Gasteiger partial charge is 0.248 e. The molecule has 0 aliphatic carbocycles. The zero-order valence-corrected chi connectivity index (χ0v) is 16.7. The van der Waals surface area contributed by atoms with Crippen LogP contribution >= 0.6 is 11.3 Å². The van der Waals surface area contributed by atoms with E-state index in [9.17, 15) is 9.90 Å². The minimum absolute atomic E-state index is 0.0762. The summed E-state index contributed by atoms with van der Waals surface area (Å²) in [5.41, 5.74) is 10.2. The number of nitrogens with two attached hydrogens (primary N) is 1. The van der Waals surface area contributed by atoms with Crippen LogP contribution in [0.4, 0.5) is 0 Å². The molecule has 3 N–H and O–H groups in total. The first-order valence-corrected chi connectivity index (χ1v) is 9.48. The molecule has 0 atom stereocenters. The van der Waals surface area contributed by atoms with Gasteiger partial charge in [-0.2, -0.15) is 0 Å². The number of rotatable bonds is 3. The van der Waals surface area contributed by atoms with E-state index < -0.39 is 5.91 Å². The molecule has 4 nitrogen and oxygen atoms in total.